The Bertz CT molecular complexity index is 1360. The summed E-state index contributed by atoms with van der Waals surface area (Å²) in [6.07, 6.45) is 2.74. The van der Waals surface area contributed by atoms with Crippen LogP contribution in [0.2, 0.25) is 0 Å². The Labute approximate surface area is 188 Å². The molecule has 3 N–H and O–H groups in total. The third-order valence-corrected chi connectivity index (χ3v) is 5.06. The molecule has 10 heteroatoms. The summed E-state index contributed by atoms with van der Waals surface area (Å²) in [5.41, 5.74) is 1.89. The van der Waals surface area contributed by atoms with E-state index in [2.05, 4.69) is 25.7 Å². The fourth-order valence-corrected chi connectivity index (χ4v) is 3.52. The number of benzene rings is 2. The highest BCUT2D eigenvalue weighted by Gasteiger charge is 2.19. The number of methoxy groups -OCH3 is 1. The second-order valence-corrected chi connectivity index (χ2v) is 7.32. The zero-order valence-electron chi connectivity index (χ0n) is 18.0. The minimum absolute atomic E-state index is 0.0119. The van der Waals surface area contributed by atoms with Gasteiger partial charge in [-0.3, -0.25) is 14.4 Å². The number of ether oxygens (including phenoxy) is 1. The normalized spacial score (nSPS) is 11.7. The van der Waals surface area contributed by atoms with Gasteiger partial charge in [0.2, 0.25) is 11.8 Å². The lowest BCUT2D eigenvalue weighted by molar-refractivity contribution is -0.120. The van der Waals surface area contributed by atoms with Crippen LogP contribution in [0.3, 0.4) is 0 Å². The van der Waals surface area contributed by atoms with Crippen molar-refractivity contribution < 1.29 is 14.3 Å². The molecule has 0 aliphatic rings. The van der Waals surface area contributed by atoms with E-state index in [4.69, 9.17) is 4.74 Å². The fourth-order valence-electron chi connectivity index (χ4n) is 3.52. The van der Waals surface area contributed by atoms with Crippen molar-refractivity contribution in [3.05, 3.63) is 77.0 Å². The maximum Gasteiger partial charge on any atom is 0.261 e. The number of para-hydroxylation sites is 2. The van der Waals surface area contributed by atoms with Gasteiger partial charge in [-0.05, 0) is 29.8 Å². The average molecular weight is 446 g/mol. The second kappa shape index (κ2) is 9.35. The maximum atomic E-state index is 13.0. The van der Waals surface area contributed by atoms with E-state index in [0.717, 1.165) is 5.56 Å². The molecule has 0 bridgehead atoms. The average Bonchev–Trinajstić information content (AvgIpc) is 3.24. The molecular formula is C23H22N6O4. The molecule has 10 nitrogen and oxygen atoms in total. The van der Waals surface area contributed by atoms with Crippen LogP contribution in [0.4, 0.5) is 5.69 Å². The van der Waals surface area contributed by atoms with Gasteiger partial charge in [-0.15, -0.1) is 0 Å². The van der Waals surface area contributed by atoms with Crippen LogP contribution in [0, 0.1) is 0 Å². The molecule has 168 valence electrons. The molecule has 1 unspecified atom stereocenters. The highest BCUT2D eigenvalue weighted by atomic mass is 16.5. The minimum Gasteiger partial charge on any atom is -0.497 e. The summed E-state index contributed by atoms with van der Waals surface area (Å²) in [6.45, 7) is 1.40. The molecule has 0 saturated carbocycles. The standard InChI is InChI=1S/C23H22N6O4/c1-14(30)27-19(15-7-9-16(33-2)10-8-15)11-21(31)28-18-5-3-4-6-20(18)29-22-17(12-26-29)23(32)25-13-24-22/h3-10,12-13,19H,11H2,1-2H3,(H,27,30)(H,28,31)(H,24,25,32). The van der Waals surface area contributed by atoms with Gasteiger partial charge in [-0.2, -0.15) is 5.10 Å². The van der Waals surface area contributed by atoms with Crippen LogP contribution in [-0.2, 0) is 9.59 Å². The Morgan fingerprint density at radius 2 is 1.91 bits per heavy atom. The van der Waals surface area contributed by atoms with Crippen LogP contribution >= 0.6 is 0 Å². The van der Waals surface area contributed by atoms with Crippen molar-refractivity contribution in [1.29, 1.82) is 0 Å². The number of H-pyrrole nitrogens is 1. The number of anilines is 1. The number of amides is 2. The Hall–Kier alpha value is -4.47. The van der Waals surface area contributed by atoms with E-state index < -0.39 is 6.04 Å². The maximum absolute atomic E-state index is 13.0. The quantitative estimate of drug-likeness (QED) is 0.399. The van der Waals surface area contributed by atoms with Gasteiger partial charge in [0, 0.05) is 6.92 Å². The summed E-state index contributed by atoms with van der Waals surface area (Å²) in [4.78, 5) is 43.4. The summed E-state index contributed by atoms with van der Waals surface area (Å²) in [5.74, 6) is 0.125. The number of aromatic nitrogens is 4. The summed E-state index contributed by atoms with van der Waals surface area (Å²) in [6, 6.07) is 13.7. The van der Waals surface area contributed by atoms with E-state index in [1.165, 1.54) is 24.1 Å². The van der Waals surface area contributed by atoms with Gasteiger partial charge in [0.1, 0.15) is 11.1 Å². The first-order valence-corrected chi connectivity index (χ1v) is 10.2. The zero-order valence-corrected chi connectivity index (χ0v) is 18.0. The number of carbonyl (C=O) groups is 2. The van der Waals surface area contributed by atoms with E-state index in [0.29, 0.717) is 28.2 Å². The van der Waals surface area contributed by atoms with E-state index in [9.17, 15) is 14.4 Å². The summed E-state index contributed by atoms with van der Waals surface area (Å²) in [7, 11) is 1.57. The van der Waals surface area contributed by atoms with E-state index in [1.54, 1.807) is 55.6 Å². The van der Waals surface area contributed by atoms with Crippen LogP contribution in [0.25, 0.3) is 16.7 Å². The molecule has 0 fully saturated rings. The molecule has 2 aromatic carbocycles. The smallest absolute Gasteiger partial charge is 0.261 e. The number of rotatable bonds is 7. The first-order chi connectivity index (χ1) is 16.0. The van der Waals surface area contributed by atoms with Crippen molar-refractivity contribution in [1.82, 2.24) is 25.1 Å². The molecule has 2 amide bonds. The topological polar surface area (TPSA) is 131 Å². The first kappa shape index (κ1) is 21.8. The Morgan fingerprint density at radius 1 is 1.15 bits per heavy atom. The van der Waals surface area contributed by atoms with Crippen LogP contribution < -0.4 is 20.9 Å². The van der Waals surface area contributed by atoms with Crippen molar-refractivity contribution >= 4 is 28.5 Å². The van der Waals surface area contributed by atoms with Gasteiger partial charge in [0.25, 0.3) is 5.56 Å². The molecule has 0 saturated heterocycles. The molecule has 33 heavy (non-hydrogen) atoms. The number of fused-ring (bicyclic) bond motifs is 1. The predicted molar refractivity (Wildman–Crippen MR) is 122 cm³/mol. The van der Waals surface area contributed by atoms with Crippen LogP contribution in [0.1, 0.15) is 24.9 Å². The number of hydrogen-bond acceptors (Lipinski definition) is 6. The van der Waals surface area contributed by atoms with Crippen molar-refractivity contribution in [2.24, 2.45) is 0 Å². The van der Waals surface area contributed by atoms with Gasteiger partial charge >= 0.3 is 0 Å². The highest BCUT2D eigenvalue weighted by molar-refractivity contribution is 5.94. The molecule has 0 radical (unpaired) electrons. The Kier molecular flexibility index (Phi) is 6.16. The third-order valence-electron chi connectivity index (χ3n) is 5.06. The van der Waals surface area contributed by atoms with Gasteiger partial charge in [0.05, 0.1) is 43.5 Å². The SMILES string of the molecule is COc1ccc(C(CC(=O)Nc2ccccc2-n2ncc3c(=O)[nH]cnc32)NC(C)=O)cc1. The van der Waals surface area contributed by atoms with Crippen molar-refractivity contribution in [2.75, 3.05) is 12.4 Å². The molecule has 0 spiro atoms. The van der Waals surface area contributed by atoms with E-state index in [-0.39, 0.29) is 23.8 Å². The number of nitrogens with zero attached hydrogens (tertiary/aromatic N) is 3. The summed E-state index contributed by atoms with van der Waals surface area (Å²) >= 11 is 0. The molecule has 0 aliphatic heterocycles. The van der Waals surface area contributed by atoms with Crippen LogP contribution in [0.5, 0.6) is 5.75 Å². The summed E-state index contributed by atoms with van der Waals surface area (Å²) in [5, 5.41) is 10.3. The minimum atomic E-state index is -0.522. The van der Waals surface area contributed by atoms with Crippen molar-refractivity contribution in [3.63, 3.8) is 0 Å². The Balaban J connectivity index is 1.59. The van der Waals surface area contributed by atoms with Gasteiger partial charge in [-0.1, -0.05) is 24.3 Å². The third kappa shape index (κ3) is 4.74. The molecule has 1 atom stereocenters. The highest BCUT2D eigenvalue weighted by Crippen LogP contribution is 2.24. The molecule has 2 heterocycles. The lowest BCUT2D eigenvalue weighted by Crippen LogP contribution is -2.30. The molecular weight excluding hydrogens is 424 g/mol. The number of nitrogens with one attached hydrogen (secondary N) is 3. The van der Waals surface area contributed by atoms with Gasteiger partial charge < -0.3 is 20.4 Å². The predicted octanol–water partition coefficient (Wildman–Crippen LogP) is 2.32. The second-order valence-electron chi connectivity index (χ2n) is 7.32. The monoisotopic (exact) mass is 446 g/mol. The number of aromatic amines is 1. The zero-order chi connectivity index (χ0) is 23.4. The summed E-state index contributed by atoms with van der Waals surface area (Å²) < 4.78 is 6.67. The van der Waals surface area contributed by atoms with E-state index in [1.807, 2.05) is 0 Å². The molecule has 2 aromatic heterocycles. The lowest BCUT2D eigenvalue weighted by atomic mass is 10.0. The van der Waals surface area contributed by atoms with Crippen LogP contribution in [-0.4, -0.2) is 38.7 Å². The number of carbonyl (C=O) groups excluding carboxylic acids is 2. The lowest BCUT2D eigenvalue weighted by Gasteiger charge is -2.19. The van der Waals surface area contributed by atoms with Gasteiger partial charge in [0.15, 0.2) is 5.65 Å². The largest absolute Gasteiger partial charge is 0.497 e. The molecule has 0 aliphatic carbocycles. The van der Waals surface area contributed by atoms with E-state index >= 15 is 0 Å². The Morgan fingerprint density at radius 3 is 2.64 bits per heavy atom. The first-order valence-electron chi connectivity index (χ1n) is 10.2. The molecule has 4 aromatic rings. The van der Waals surface area contributed by atoms with Crippen molar-refractivity contribution in [3.8, 4) is 11.4 Å². The van der Waals surface area contributed by atoms with Crippen molar-refractivity contribution in [2.45, 2.75) is 19.4 Å². The number of hydrogen-bond donors (Lipinski definition) is 3. The van der Waals surface area contributed by atoms with Gasteiger partial charge in [-0.25, -0.2) is 9.67 Å². The van der Waals surface area contributed by atoms with Crippen LogP contribution in [0.15, 0.2) is 65.8 Å². The fraction of sp³-hybridized carbons (Fsp3) is 0.174. The molecule has 4 rings (SSSR count).